The Balaban J connectivity index is 2.10. The zero-order valence-corrected chi connectivity index (χ0v) is 11.4. The van der Waals surface area contributed by atoms with Crippen LogP contribution in [0.1, 0.15) is 21.7 Å². The van der Waals surface area contributed by atoms with E-state index in [-0.39, 0.29) is 11.3 Å². The van der Waals surface area contributed by atoms with Gasteiger partial charge in [-0.15, -0.1) is 0 Å². The fraction of sp³-hybridized carbons (Fsp3) is 0.0625. The predicted octanol–water partition coefficient (Wildman–Crippen LogP) is 4.76. The lowest BCUT2D eigenvalue weighted by Gasteiger charge is -2.00. The summed E-state index contributed by atoms with van der Waals surface area (Å²) in [7, 11) is 0. The molecule has 3 rings (SSSR count). The molecule has 1 heterocycles. The van der Waals surface area contributed by atoms with E-state index >= 15 is 0 Å². The van der Waals surface area contributed by atoms with Gasteiger partial charge in [-0.2, -0.15) is 0 Å². The Hall–Kier alpha value is -2.13. The van der Waals surface area contributed by atoms with Crippen LogP contribution >= 0.6 is 11.6 Å². The molecule has 0 atom stereocenters. The molecule has 100 valence electrons. The lowest BCUT2D eigenvalue weighted by Crippen LogP contribution is -2.02. The van der Waals surface area contributed by atoms with Gasteiger partial charge in [0.1, 0.15) is 11.4 Å². The summed E-state index contributed by atoms with van der Waals surface area (Å²) in [6.07, 6.45) is 0. The minimum Gasteiger partial charge on any atom is -0.453 e. The van der Waals surface area contributed by atoms with Crippen molar-refractivity contribution < 1.29 is 13.6 Å². The number of hydrogen-bond acceptors (Lipinski definition) is 2. The van der Waals surface area contributed by atoms with Gasteiger partial charge in [0.25, 0.3) is 0 Å². The Labute approximate surface area is 119 Å². The van der Waals surface area contributed by atoms with Gasteiger partial charge < -0.3 is 4.42 Å². The van der Waals surface area contributed by atoms with Crippen molar-refractivity contribution in [3.8, 4) is 0 Å². The Morgan fingerprint density at radius 1 is 1.15 bits per heavy atom. The summed E-state index contributed by atoms with van der Waals surface area (Å²) >= 11 is 5.80. The number of benzene rings is 2. The Bertz CT molecular complexity index is 820. The number of carbonyl (C=O) groups is 1. The number of aryl methyl sites for hydroxylation is 1. The fourth-order valence-corrected chi connectivity index (χ4v) is 2.25. The summed E-state index contributed by atoms with van der Waals surface area (Å²) in [5.74, 6) is -1.03. The summed E-state index contributed by atoms with van der Waals surface area (Å²) < 4.78 is 19.2. The average molecular weight is 289 g/mol. The van der Waals surface area contributed by atoms with E-state index in [0.29, 0.717) is 10.6 Å². The van der Waals surface area contributed by atoms with Gasteiger partial charge >= 0.3 is 0 Å². The van der Waals surface area contributed by atoms with Crippen molar-refractivity contribution in [3.63, 3.8) is 0 Å². The summed E-state index contributed by atoms with van der Waals surface area (Å²) in [5.41, 5.74) is 1.57. The van der Waals surface area contributed by atoms with Crippen LogP contribution in [-0.2, 0) is 0 Å². The summed E-state index contributed by atoms with van der Waals surface area (Å²) in [5, 5.41) is 1.12. The molecule has 0 aliphatic rings. The van der Waals surface area contributed by atoms with Crippen LogP contribution in [0.25, 0.3) is 11.0 Å². The Morgan fingerprint density at radius 3 is 2.75 bits per heavy atom. The number of hydrogen-bond donors (Lipinski definition) is 0. The van der Waals surface area contributed by atoms with E-state index in [4.69, 9.17) is 16.0 Å². The molecule has 1 aromatic heterocycles. The SMILES string of the molecule is Cc1ccc2oc(C(=O)c3cc(Cl)ccc3F)cc2c1. The van der Waals surface area contributed by atoms with E-state index in [0.717, 1.165) is 10.9 Å². The van der Waals surface area contributed by atoms with Crippen molar-refractivity contribution in [2.24, 2.45) is 0 Å². The minimum absolute atomic E-state index is 0.0896. The Morgan fingerprint density at radius 2 is 1.95 bits per heavy atom. The summed E-state index contributed by atoms with van der Waals surface area (Å²) in [6, 6.07) is 11.1. The smallest absolute Gasteiger partial charge is 0.231 e. The van der Waals surface area contributed by atoms with E-state index < -0.39 is 11.6 Å². The quantitative estimate of drug-likeness (QED) is 0.636. The van der Waals surface area contributed by atoms with Crippen molar-refractivity contribution in [1.82, 2.24) is 0 Å². The molecule has 3 aromatic rings. The molecule has 0 amide bonds. The van der Waals surface area contributed by atoms with Gasteiger partial charge in [-0.1, -0.05) is 23.2 Å². The Kier molecular flexibility index (Phi) is 3.07. The van der Waals surface area contributed by atoms with Crippen LogP contribution in [0.2, 0.25) is 5.02 Å². The molecule has 0 spiro atoms. The highest BCUT2D eigenvalue weighted by Gasteiger charge is 2.18. The molecule has 4 heteroatoms. The minimum atomic E-state index is -0.615. The fourth-order valence-electron chi connectivity index (χ4n) is 2.08. The molecular formula is C16H10ClFO2. The van der Waals surface area contributed by atoms with Crippen LogP contribution in [0.5, 0.6) is 0 Å². The molecule has 0 unspecified atom stereocenters. The second-order valence-electron chi connectivity index (χ2n) is 4.61. The van der Waals surface area contributed by atoms with Crippen molar-refractivity contribution in [2.75, 3.05) is 0 Å². The van der Waals surface area contributed by atoms with E-state index in [1.165, 1.54) is 18.2 Å². The molecule has 2 nitrogen and oxygen atoms in total. The van der Waals surface area contributed by atoms with Crippen molar-refractivity contribution in [1.29, 1.82) is 0 Å². The molecule has 0 saturated heterocycles. The molecule has 0 radical (unpaired) electrons. The molecule has 0 saturated carbocycles. The number of furan rings is 1. The third-order valence-corrected chi connectivity index (χ3v) is 3.30. The first-order valence-electron chi connectivity index (χ1n) is 6.04. The highest BCUT2D eigenvalue weighted by molar-refractivity contribution is 6.31. The van der Waals surface area contributed by atoms with Gasteiger partial charge in [0.2, 0.25) is 5.78 Å². The summed E-state index contributed by atoms with van der Waals surface area (Å²) in [4.78, 5) is 12.3. The molecule has 2 aromatic carbocycles. The van der Waals surface area contributed by atoms with Crippen molar-refractivity contribution in [2.45, 2.75) is 6.92 Å². The zero-order valence-electron chi connectivity index (χ0n) is 10.6. The molecule has 20 heavy (non-hydrogen) atoms. The van der Waals surface area contributed by atoms with Gasteiger partial charge in [0.15, 0.2) is 5.76 Å². The second-order valence-corrected chi connectivity index (χ2v) is 5.04. The van der Waals surface area contributed by atoms with Crippen molar-refractivity contribution >= 4 is 28.4 Å². The lowest BCUT2D eigenvalue weighted by molar-refractivity contribution is 0.101. The topological polar surface area (TPSA) is 30.2 Å². The molecule has 0 aliphatic heterocycles. The van der Waals surface area contributed by atoms with Crippen LogP contribution in [-0.4, -0.2) is 5.78 Å². The van der Waals surface area contributed by atoms with E-state index in [9.17, 15) is 9.18 Å². The lowest BCUT2D eigenvalue weighted by atomic mass is 10.1. The molecule has 0 fully saturated rings. The maximum atomic E-state index is 13.7. The molecule has 0 bridgehead atoms. The molecular weight excluding hydrogens is 279 g/mol. The third-order valence-electron chi connectivity index (χ3n) is 3.07. The van der Waals surface area contributed by atoms with Gasteiger partial charge in [-0.25, -0.2) is 4.39 Å². The van der Waals surface area contributed by atoms with Gasteiger partial charge in [-0.3, -0.25) is 4.79 Å². The molecule has 0 N–H and O–H groups in total. The third kappa shape index (κ3) is 2.21. The van der Waals surface area contributed by atoms with E-state index in [2.05, 4.69) is 0 Å². The zero-order chi connectivity index (χ0) is 14.3. The van der Waals surface area contributed by atoms with E-state index in [1.807, 2.05) is 19.1 Å². The predicted molar refractivity (Wildman–Crippen MR) is 75.8 cm³/mol. The average Bonchev–Trinajstić information content (AvgIpc) is 2.83. The second kappa shape index (κ2) is 4.76. The maximum absolute atomic E-state index is 13.7. The number of rotatable bonds is 2. The van der Waals surface area contributed by atoms with Crippen LogP contribution in [0, 0.1) is 12.7 Å². The maximum Gasteiger partial charge on any atom is 0.231 e. The van der Waals surface area contributed by atoms with Crippen LogP contribution < -0.4 is 0 Å². The number of fused-ring (bicyclic) bond motifs is 1. The number of ketones is 1. The van der Waals surface area contributed by atoms with Crippen molar-refractivity contribution in [3.05, 3.63) is 70.2 Å². The summed E-state index contributed by atoms with van der Waals surface area (Å²) in [6.45, 7) is 1.95. The first-order chi connectivity index (χ1) is 9.54. The normalized spacial score (nSPS) is 10.9. The first kappa shape index (κ1) is 12.9. The largest absolute Gasteiger partial charge is 0.453 e. The van der Waals surface area contributed by atoms with Gasteiger partial charge in [-0.05, 0) is 43.3 Å². The van der Waals surface area contributed by atoms with Crippen LogP contribution in [0.15, 0.2) is 46.9 Å². The highest BCUT2D eigenvalue weighted by Crippen LogP contribution is 2.24. The van der Waals surface area contributed by atoms with Gasteiger partial charge in [0, 0.05) is 10.4 Å². The first-order valence-corrected chi connectivity index (χ1v) is 6.42. The standard InChI is InChI=1S/C16H10ClFO2/c1-9-2-5-14-10(6-9)7-15(20-14)16(19)12-8-11(17)3-4-13(12)18/h2-8H,1H3. The van der Waals surface area contributed by atoms with Crippen LogP contribution in [0.3, 0.4) is 0 Å². The monoisotopic (exact) mass is 288 g/mol. The molecule has 0 aliphatic carbocycles. The van der Waals surface area contributed by atoms with Gasteiger partial charge in [0.05, 0.1) is 5.56 Å². The number of halogens is 2. The highest BCUT2D eigenvalue weighted by atomic mass is 35.5. The van der Waals surface area contributed by atoms with E-state index in [1.54, 1.807) is 12.1 Å². The van der Waals surface area contributed by atoms with Crippen LogP contribution in [0.4, 0.5) is 4.39 Å². The number of carbonyl (C=O) groups excluding carboxylic acids is 1.